The molecule has 1 N–H and O–H groups in total. The van der Waals surface area contributed by atoms with Crippen molar-refractivity contribution in [2.75, 3.05) is 12.4 Å². The van der Waals surface area contributed by atoms with E-state index in [9.17, 15) is 9.00 Å². The van der Waals surface area contributed by atoms with Crippen molar-refractivity contribution in [2.24, 2.45) is 0 Å². The highest BCUT2D eigenvalue weighted by Gasteiger charge is 2.28. The summed E-state index contributed by atoms with van der Waals surface area (Å²) in [5, 5.41) is 7.58. The molecule has 0 saturated carbocycles. The first-order chi connectivity index (χ1) is 14.4. The van der Waals surface area contributed by atoms with Crippen molar-refractivity contribution in [3.8, 4) is 17.2 Å². The number of hydrogen-bond acceptors (Lipinski definition) is 5. The van der Waals surface area contributed by atoms with Crippen LogP contribution in [0.1, 0.15) is 35.5 Å². The number of anilines is 1. The first-order valence-electron chi connectivity index (χ1n) is 9.63. The molecule has 1 unspecified atom stereocenters. The molecule has 0 spiro atoms. The number of nitrogens with zero attached hydrogens (tertiary/aromatic N) is 2. The van der Waals surface area contributed by atoms with Crippen LogP contribution in [0.5, 0.6) is 11.5 Å². The van der Waals surface area contributed by atoms with Crippen LogP contribution in [0.4, 0.5) is 5.82 Å². The predicted octanol–water partition coefficient (Wildman–Crippen LogP) is 3.68. The maximum atomic E-state index is 12.9. The minimum Gasteiger partial charge on any atom is -0.497 e. The van der Waals surface area contributed by atoms with Gasteiger partial charge in [-0.25, -0.2) is 4.68 Å². The maximum absolute atomic E-state index is 12.9. The van der Waals surface area contributed by atoms with Crippen LogP contribution in [-0.2, 0) is 22.3 Å². The van der Waals surface area contributed by atoms with E-state index >= 15 is 0 Å². The van der Waals surface area contributed by atoms with E-state index in [1.807, 2.05) is 38.1 Å². The molecule has 1 amide bonds. The van der Waals surface area contributed by atoms with Crippen molar-refractivity contribution in [2.45, 2.75) is 31.5 Å². The molecule has 0 radical (unpaired) electrons. The van der Waals surface area contributed by atoms with Crippen molar-refractivity contribution >= 4 is 22.5 Å². The van der Waals surface area contributed by atoms with Gasteiger partial charge in [0.25, 0.3) is 5.91 Å². The second kappa shape index (κ2) is 8.31. The summed E-state index contributed by atoms with van der Waals surface area (Å²) in [6.45, 7) is 3.90. The zero-order valence-electron chi connectivity index (χ0n) is 17.0. The van der Waals surface area contributed by atoms with E-state index in [0.717, 1.165) is 22.7 Å². The molecule has 2 aromatic carbocycles. The van der Waals surface area contributed by atoms with E-state index in [-0.39, 0.29) is 12.0 Å². The van der Waals surface area contributed by atoms with Crippen LogP contribution in [-0.4, -0.2) is 33.1 Å². The van der Waals surface area contributed by atoms with E-state index in [2.05, 4.69) is 10.4 Å². The number of amides is 1. The zero-order valence-corrected chi connectivity index (χ0v) is 17.9. The number of methoxy groups -OCH3 is 1. The maximum Gasteiger partial charge on any atom is 0.256 e. The van der Waals surface area contributed by atoms with Gasteiger partial charge in [-0.15, -0.1) is 0 Å². The van der Waals surface area contributed by atoms with Gasteiger partial charge >= 0.3 is 0 Å². The number of ether oxygens (including phenoxy) is 2. The number of carbonyl (C=O) groups excluding carboxylic acids is 1. The molecule has 3 aromatic rings. The van der Waals surface area contributed by atoms with Crippen LogP contribution < -0.4 is 14.8 Å². The van der Waals surface area contributed by atoms with Crippen LogP contribution in [0.25, 0.3) is 5.69 Å². The van der Waals surface area contributed by atoms with Gasteiger partial charge in [0.2, 0.25) is 0 Å². The van der Waals surface area contributed by atoms with E-state index in [1.54, 1.807) is 36.1 Å². The molecule has 156 valence electrons. The summed E-state index contributed by atoms with van der Waals surface area (Å²) < 4.78 is 24.6. The minimum absolute atomic E-state index is 0.0620. The lowest BCUT2D eigenvalue weighted by Crippen LogP contribution is -2.16. The molecule has 1 atom stereocenters. The number of nitrogens with one attached hydrogen (secondary N) is 1. The van der Waals surface area contributed by atoms with Crippen LogP contribution in [0, 0.1) is 0 Å². The van der Waals surface area contributed by atoms with Gasteiger partial charge in [-0.2, -0.15) is 5.10 Å². The average Bonchev–Trinajstić information content (AvgIpc) is 3.25. The van der Waals surface area contributed by atoms with Gasteiger partial charge in [0.05, 0.1) is 36.1 Å². The van der Waals surface area contributed by atoms with Gasteiger partial charge in [-0.1, -0.05) is 0 Å². The molecule has 7 nitrogen and oxygen atoms in total. The summed E-state index contributed by atoms with van der Waals surface area (Å²) in [7, 11) is 0.607. The van der Waals surface area contributed by atoms with Crippen LogP contribution in [0.15, 0.2) is 48.5 Å². The standard InChI is InChI=1S/C22H23N3O4S/c1-14(2)29-18-8-4-15(5-9-18)22(26)23-21-19-12-30(27)13-20(19)24-25(21)16-6-10-17(28-3)11-7-16/h4-11,14H,12-13H2,1-3H3,(H,23,26). The largest absolute Gasteiger partial charge is 0.497 e. The van der Waals surface area contributed by atoms with Gasteiger partial charge in [-0.05, 0) is 62.4 Å². The molecule has 1 aliphatic heterocycles. The van der Waals surface area contributed by atoms with E-state index < -0.39 is 10.8 Å². The number of fused-ring (bicyclic) bond motifs is 1. The Morgan fingerprint density at radius 2 is 1.73 bits per heavy atom. The second-order valence-corrected chi connectivity index (χ2v) is 8.71. The lowest BCUT2D eigenvalue weighted by atomic mass is 10.2. The van der Waals surface area contributed by atoms with E-state index in [1.165, 1.54) is 0 Å². The summed E-state index contributed by atoms with van der Waals surface area (Å²) in [5.41, 5.74) is 2.85. The average molecular weight is 426 g/mol. The van der Waals surface area contributed by atoms with Crippen LogP contribution in [0.3, 0.4) is 0 Å². The Hall–Kier alpha value is -3.13. The number of hydrogen-bond donors (Lipinski definition) is 1. The Labute approximate surface area is 177 Å². The monoisotopic (exact) mass is 425 g/mol. The third-order valence-corrected chi connectivity index (χ3v) is 5.91. The zero-order chi connectivity index (χ0) is 21.3. The Balaban J connectivity index is 1.64. The fourth-order valence-corrected chi connectivity index (χ4v) is 4.57. The first kappa shape index (κ1) is 20.2. The third kappa shape index (κ3) is 4.09. The molecular weight excluding hydrogens is 402 g/mol. The Morgan fingerprint density at radius 3 is 2.37 bits per heavy atom. The molecule has 1 aromatic heterocycles. The van der Waals surface area contributed by atoms with Gasteiger partial charge < -0.3 is 14.8 Å². The SMILES string of the molecule is COc1ccc(-n2nc3c(c2NC(=O)c2ccc(OC(C)C)cc2)CS(=O)C3)cc1. The first-order valence-corrected chi connectivity index (χ1v) is 11.1. The highest BCUT2D eigenvalue weighted by molar-refractivity contribution is 7.83. The van der Waals surface area contributed by atoms with Crippen LogP contribution >= 0.6 is 0 Å². The fourth-order valence-electron chi connectivity index (χ4n) is 3.30. The molecule has 2 heterocycles. The lowest BCUT2D eigenvalue weighted by molar-refractivity contribution is 0.102. The van der Waals surface area contributed by atoms with Crippen molar-refractivity contribution < 1.29 is 18.5 Å². The molecule has 8 heteroatoms. The molecular formula is C22H23N3O4S. The normalized spacial score (nSPS) is 15.1. The quantitative estimate of drug-likeness (QED) is 0.651. The van der Waals surface area contributed by atoms with Gasteiger partial charge in [0.15, 0.2) is 0 Å². The molecule has 0 aliphatic carbocycles. The molecule has 0 bridgehead atoms. The predicted molar refractivity (Wildman–Crippen MR) is 116 cm³/mol. The van der Waals surface area contributed by atoms with Gasteiger partial charge in [0, 0.05) is 21.9 Å². The highest BCUT2D eigenvalue weighted by Crippen LogP contribution is 2.32. The van der Waals surface area contributed by atoms with Crippen molar-refractivity contribution in [3.63, 3.8) is 0 Å². The fraction of sp³-hybridized carbons (Fsp3) is 0.273. The molecule has 30 heavy (non-hydrogen) atoms. The summed E-state index contributed by atoms with van der Waals surface area (Å²) >= 11 is 0. The van der Waals surface area contributed by atoms with Crippen molar-refractivity contribution in [3.05, 3.63) is 65.4 Å². The molecule has 1 aliphatic rings. The second-order valence-electron chi connectivity index (χ2n) is 7.26. The summed E-state index contributed by atoms with van der Waals surface area (Å²) in [6, 6.07) is 14.4. The lowest BCUT2D eigenvalue weighted by Gasteiger charge is -2.12. The topological polar surface area (TPSA) is 82.4 Å². The number of rotatable bonds is 6. The Morgan fingerprint density at radius 1 is 1.07 bits per heavy atom. The van der Waals surface area contributed by atoms with E-state index in [0.29, 0.717) is 28.6 Å². The van der Waals surface area contributed by atoms with Crippen molar-refractivity contribution in [1.82, 2.24) is 9.78 Å². The smallest absolute Gasteiger partial charge is 0.256 e. The number of carbonyl (C=O) groups is 1. The van der Waals surface area contributed by atoms with Crippen LogP contribution in [0.2, 0.25) is 0 Å². The van der Waals surface area contributed by atoms with Gasteiger partial charge in [0.1, 0.15) is 17.3 Å². The molecule has 0 saturated heterocycles. The number of benzene rings is 2. The molecule has 4 rings (SSSR count). The minimum atomic E-state index is -1.00. The summed E-state index contributed by atoms with van der Waals surface area (Å²) in [5.74, 6) is 2.50. The van der Waals surface area contributed by atoms with E-state index in [4.69, 9.17) is 9.47 Å². The Bertz CT molecular complexity index is 1090. The summed E-state index contributed by atoms with van der Waals surface area (Å²) in [6.07, 6.45) is 0.0620. The highest BCUT2D eigenvalue weighted by atomic mass is 32.2. The summed E-state index contributed by atoms with van der Waals surface area (Å²) in [4.78, 5) is 12.9. The van der Waals surface area contributed by atoms with Crippen molar-refractivity contribution in [1.29, 1.82) is 0 Å². The van der Waals surface area contributed by atoms with Gasteiger partial charge in [-0.3, -0.25) is 9.00 Å². The molecule has 0 fully saturated rings. The number of aromatic nitrogens is 2. The Kier molecular flexibility index (Phi) is 5.59. The third-order valence-electron chi connectivity index (χ3n) is 4.71.